The van der Waals surface area contributed by atoms with Crippen molar-refractivity contribution in [1.82, 2.24) is 0 Å². The fourth-order valence-corrected chi connectivity index (χ4v) is 4.35. The number of benzene rings is 3. The maximum Gasteiger partial charge on any atom is 0.322 e. The van der Waals surface area contributed by atoms with Crippen LogP contribution in [0.3, 0.4) is 0 Å². The SMILES string of the molecule is O=C1Nc2ccc(Br)cc2[C@]12ON=C(c1cccc(Cl)c1)N2c1ccc(F)c(Cl)c1. The van der Waals surface area contributed by atoms with Crippen LogP contribution >= 0.6 is 39.1 Å². The molecule has 1 spiro atoms. The molecule has 1 atom stereocenters. The first-order valence-corrected chi connectivity index (χ1v) is 10.3. The highest BCUT2D eigenvalue weighted by Gasteiger charge is 2.60. The summed E-state index contributed by atoms with van der Waals surface area (Å²) in [6, 6.07) is 16.5. The molecule has 5 rings (SSSR count). The van der Waals surface area contributed by atoms with Crippen molar-refractivity contribution in [1.29, 1.82) is 0 Å². The van der Waals surface area contributed by atoms with Gasteiger partial charge in [0.25, 0.3) is 5.91 Å². The molecule has 30 heavy (non-hydrogen) atoms. The minimum Gasteiger partial charge on any atom is -0.349 e. The van der Waals surface area contributed by atoms with E-state index in [-0.39, 0.29) is 5.02 Å². The minimum absolute atomic E-state index is 0.0899. The number of rotatable bonds is 2. The molecule has 1 N–H and O–H groups in total. The second-order valence-corrected chi connectivity index (χ2v) is 8.50. The van der Waals surface area contributed by atoms with Gasteiger partial charge in [-0.15, -0.1) is 0 Å². The van der Waals surface area contributed by atoms with Crippen LogP contribution in [0.1, 0.15) is 11.1 Å². The van der Waals surface area contributed by atoms with Gasteiger partial charge < -0.3 is 10.2 Å². The molecule has 0 unspecified atom stereocenters. The quantitative estimate of drug-likeness (QED) is 0.471. The normalized spacial score (nSPS) is 19.5. The molecule has 0 saturated heterocycles. The summed E-state index contributed by atoms with van der Waals surface area (Å²) in [6.07, 6.45) is 0. The van der Waals surface area contributed by atoms with Crippen LogP contribution in [0.5, 0.6) is 0 Å². The third-order valence-electron chi connectivity index (χ3n) is 4.94. The summed E-state index contributed by atoms with van der Waals surface area (Å²) in [5, 5.41) is 7.48. The predicted octanol–water partition coefficient (Wildman–Crippen LogP) is 5.90. The number of hydrogen-bond acceptors (Lipinski definition) is 4. The molecule has 5 nitrogen and oxygen atoms in total. The lowest BCUT2D eigenvalue weighted by atomic mass is 10.00. The molecule has 1 amide bonds. The number of oxime groups is 1. The van der Waals surface area contributed by atoms with Gasteiger partial charge in [0.1, 0.15) is 5.82 Å². The van der Waals surface area contributed by atoms with Gasteiger partial charge in [-0.2, -0.15) is 0 Å². The summed E-state index contributed by atoms with van der Waals surface area (Å²) < 4.78 is 14.6. The number of fused-ring (bicyclic) bond motifs is 2. The molecule has 0 saturated carbocycles. The third-order valence-corrected chi connectivity index (χ3v) is 5.96. The van der Waals surface area contributed by atoms with Crippen molar-refractivity contribution in [2.45, 2.75) is 5.72 Å². The average Bonchev–Trinajstić information content (AvgIpc) is 3.24. The number of hydrogen-bond donors (Lipinski definition) is 1. The van der Waals surface area contributed by atoms with Crippen molar-refractivity contribution in [3.05, 3.63) is 92.1 Å². The summed E-state index contributed by atoms with van der Waals surface area (Å²) in [7, 11) is 0. The lowest BCUT2D eigenvalue weighted by Gasteiger charge is -2.32. The Morgan fingerprint density at radius 3 is 2.70 bits per heavy atom. The monoisotopic (exact) mass is 505 g/mol. The Hall–Kier alpha value is -2.61. The molecule has 9 heteroatoms. The van der Waals surface area contributed by atoms with Crippen molar-refractivity contribution in [3.8, 4) is 0 Å². The lowest BCUT2D eigenvalue weighted by Crippen LogP contribution is -2.51. The fourth-order valence-electron chi connectivity index (χ4n) is 3.63. The molecule has 0 radical (unpaired) electrons. The van der Waals surface area contributed by atoms with Gasteiger partial charge in [0.15, 0.2) is 5.84 Å². The summed E-state index contributed by atoms with van der Waals surface area (Å²) in [4.78, 5) is 20.7. The largest absolute Gasteiger partial charge is 0.349 e. The molecule has 2 heterocycles. The first-order valence-electron chi connectivity index (χ1n) is 8.79. The zero-order valence-electron chi connectivity index (χ0n) is 15.0. The number of carbonyl (C=O) groups excluding carboxylic acids is 1. The molecule has 0 aromatic heterocycles. The van der Waals surface area contributed by atoms with Crippen LogP contribution in [0.2, 0.25) is 10.0 Å². The van der Waals surface area contributed by atoms with Gasteiger partial charge in [0.2, 0.25) is 0 Å². The fraction of sp³-hybridized carbons (Fsp3) is 0.0476. The van der Waals surface area contributed by atoms with Gasteiger partial charge in [-0.25, -0.2) is 4.39 Å². The van der Waals surface area contributed by atoms with E-state index in [0.717, 1.165) is 4.47 Å². The molecular formula is C21H11BrCl2FN3O2. The minimum atomic E-state index is -1.63. The maximum absolute atomic E-state index is 13.9. The van der Waals surface area contributed by atoms with Gasteiger partial charge in [0.05, 0.1) is 16.3 Å². The number of anilines is 2. The predicted molar refractivity (Wildman–Crippen MR) is 117 cm³/mol. The van der Waals surface area contributed by atoms with Crippen LogP contribution in [-0.2, 0) is 15.4 Å². The van der Waals surface area contributed by atoms with Crippen LogP contribution < -0.4 is 10.2 Å². The Labute approximate surface area is 189 Å². The zero-order valence-corrected chi connectivity index (χ0v) is 18.1. The summed E-state index contributed by atoms with van der Waals surface area (Å²) >= 11 is 15.7. The van der Waals surface area contributed by atoms with Crippen LogP contribution in [0.15, 0.2) is 70.3 Å². The van der Waals surface area contributed by atoms with Crippen LogP contribution in [-0.4, -0.2) is 11.7 Å². The highest BCUT2D eigenvalue weighted by Crippen LogP contribution is 2.48. The van der Waals surface area contributed by atoms with Crippen molar-refractivity contribution in [2.24, 2.45) is 5.16 Å². The van der Waals surface area contributed by atoms with E-state index in [2.05, 4.69) is 26.4 Å². The summed E-state index contributed by atoms with van der Waals surface area (Å²) in [5.41, 5.74) is 0.571. The van der Waals surface area contributed by atoms with Crippen molar-refractivity contribution in [3.63, 3.8) is 0 Å². The maximum atomic E-state index is 13.9. The van der Waals surface area contributed by atoms with Gasteiger partial charge >= 0.3 is 5.72 Å². The van der Waals surface area contributed by atoms with Gasteiger partial charge in [-0.1, -0.05) is 56.4 Å². The van der Waals surface area contributed by atoms with Crippen LogP contribution in [0, 0.1) is 5.82 Å². The Morgan fingerprint density at radius 1 is 1.10 bits per heavy atom. The van der Waals surface area contributed by atoms with E-state index in [0.29, 0.717) is 33.4 Å². The molecule has 2 aliphatic heterocycles. The van der Waals surface area contributed by atoms with E-state index in [4.69, 9.17) is 28.0 Å². The Balaban J connectivity index is 1.76. The highest BCUT2D eigenvalue weighted by molar-refractivity contribution is 9.10. The van der Waals surface area contributed by atoms with E-state index in [1.54, 1.807) is 41.3 Å². The van der Waals surface area contributed by atoms with E-state index in [9.17, 15) is 9.18 Å². The molecule has 150 valence electrons. The van der Waals surface area contributed by atoms with E-state index in [1.807, 2.05) is 6.07 Å². The molecule has 0 fully saturated rings. The van der Waals surface area contributed by atoms with Gasteiger partial charge in [-0.05, 0) is 48.5 Å². The van der Waals surface area contributed by atoms with E-state index >= 15 is 0 Å². The van der Waals surface area contributed by atoms with Crippen molar-refractivity contribution >= 4 is 62.2 Å². The molecule has 0 bridgehead atoms. The highest BCUT2D eigenvalue weighted by atomic mass is 79.9. The summed E-state index contributed by atoms with van der Waals surface area (Å²) in [5.74, 6) is -0.671. The number of nitrogens with zero attached hydrogens (tertiary/aromatic N) is 2. The standard InChI is InChI=1S/C21H11BrCl2FN3O2/c22-12-4-7-18-15(9-12)21(20(29)26-18)28(14-5-6-17(25)16(24)10-14)19(27-30-21)11-2-1-3-13(23)8-11/h1-10H,(H,26,29)/t21-/m0/s1. The first kappa shape index (κ1) is 19.4. The molecular weight excluding hydrogens is 496 g/mol. The molecule has 3 aromatic carbocycles. The average molecular weight is 507 g/mol. The number of nitrogens with one attached hydrogen (secondary N) is 1. The summed E-state index contributed by atoms with van der Waals surface area (Å²) in [6.45, 7) is 0. The third kappa shape index (κ3) is 2.80. The number of amidine groups is 1. The zero-order chi connectivity index (χ0) is 21.0. The van der Waals surface area contributed by atoms with Gasteiger partial charge in [0, 0.05) is 20.7 Å². The van der Waals surface area contributed by atoms with Crippen LogP contribution in [0.4, 0.5) is 15.8 Å². The van der Waals surface area contributed by atoms with Crippen molar-refractivity contribution < 1.29 is 14.0 Å². The topological polar surface area (TPSA) is 53.9 Å². The number of carbonyl (C=O) groups is 1. The molecule has 3 aromatic rings. The molecule has 0 aliphatic carbocycles. The Morgan fingerprint density at radius 2 is 1.93 bits per heavy atom. The first-order chi connectivity index (χ1) is 14.4. The second kappa shape index (κ2) is 6.97. The molecule has 2 aliphatic rings. The smallest absolute Gasteiger partial charge is 0.322 e. The van der Waals surface area contributed by atoms with Gasteiger partial charge in [-0.3, -0.25) is 9.69 Å². The Bertz CT molecular complexity index is 1250. The van der Waals surface area contributed by atoms with E-state index < -0.39 is 17.4 Å². The van der Waals surface area contributed by atoms with Crippen molar-refractivity contribution in [2.75, 3.05) is 10.2 Å². The second-order valence-electron chi connectivity index (χ2n) is 6.74. The lowest BCUT2D eigenvalue weighted by molar-refractivity contribution is -0.137. The van der Waals surface area contributed by atoms with Crippen LogP contribution in [0.25, 0.3) is 0 Å². The number of amides is 1. The van der Waals surface area contributed by atoms with E-state index in [1.165, 1.54) is 18.2 Å². The number of halogens is 4. The Kier molecular flexibility index (Phi) is 4.50.